The number of fused-ring (bicyclic) bond motifs is 1. The van der Waals surface area contributed by atoms with Crippen LogP contribution in [-0.2, 0) is 0 Å². The van der Waals surface area contributed by atoms with E-state index in [1.165, 1.54) is 0 Å². The highest BCUT2D eigenvalue weighted by molar-refractivity contribution is 6.33. The highest BCUT2D eigenvalue weighted by Gasteiger charge is 2.23. The lowest BCUT2D eigenvalue weighted by Crippen LogP contribution is -2.47. The van der Waals surface area contributed by atoms with Crippen molar-refractivity contribution in [2.45, 2.75) is 38.8 Å². The van der Waals surface area contributed by atoms with Crippen molar-refractivity contribution in [2.24, 2.45) is 0 Å². The molecular formula is C24H26ClN3O2. The summed E-state index contributed by atoms with van der Waals surface area (Å²) in [7, 11) is 0. The van der Waals surface area contributed by atoms with Crippen molar-refractivity contribution < 1.29 is 9.53 Å². The predicted octanol–water partition coefficient (Wildman–Crippen LogP) is 5.52. The largest absolute Gasteiger partial charge is 0.412 e. The van der Waals surface area contributed by atoms with E-state index in [-0.39, 0.29) is 6.04 Å². The molecule has 1 N–H and O–H groups in total. The van der Waals surface area contributed by atoms with Gasteiger partial charge in [-0.2, -0.15) is 0 Å². The SMILES string of the molecule is CC(C)N1CCC(NC(=O)Oc2cnc(-c3ccccc3Cl)c3ccccc23)CC1. The van der Waals surface area contributed by atoms with Crippen molar-refractivity contribution in [3.63, 3.8) is 0 Å². The van der Waals surface area contributed by atoms with Crippen LogP contribution in [0.15, 0.2) is 54.7 Å². The average molecular weight is 424 g/mol. The smallest absolute Gasteiger partial charge is 0.408 e. The number of carbonyl (C=O) groups excluding carboxylic acids is 1. The first-order valence-electron chi connectivity index (χ1n) is 10.4. The Bertz CT molecular complexity index is 1050. The number of carbonyl (C=O) groups is 1. The van der Waals surface area contributed by atoms with Gasteiger partial charge in [-0.05, 0) is 32.8 Å². The number of nitrogens with zero attached hydrogens (tertiary/aromatic N) is 2. The van der Waals surface area contributed by atoms with Crippen LogP contribution < -0.4 is 10.1 Å². The Hall–Kier alpha value is -2.63. The Kier molecular flexibility index (Phi) is 6.21. The lowest BCUT2D eigenvalue weighted by Gasteiger charge is -2.34. The highest BCUT2D eigenvalue weighted by atomic mass is 35.5. The van der Waals surface area contributed by atoms with Crippen molar-refractivity contribution in [3.05, 3.63) is 59.8 Å². The molecule has 0 radical (unpaired) electrons. The molecule has 0 unspecified atom stereocenters. The third-order valence-corrected chi connectivity index (χ3v) is 6.00. The van der Waals surface area contributed by atoms with Crippen LogP contribution in [0.5, 0.6) is 5.75 Å². The molecule has 1 amide bonds. The van der Waals surface area contributed by atoms with E-state index in [2.05, 4.69) is 29.0 Å². The quantitative estimate of drug-likeness (QED) is 0.600. The van der Waals surface area contributed by atoms with Crippen molar-refractivity contribution in [3.8, 4) is 17.0 Å². The van der Waals surface area contributed by atoms with Crippen LogP contribution in [0, 0.1) is 0 Å². The third kappa shape index (κ3) is 4.42. The number of hydrogen-bond donors (Lipinski definition) is 1. The summed E-state index contributed by atoms with van der Waals surface area (Å²) in [4.78, 5) is 19.5. The molecular weight excluding hydrogens is 398 g/mol. The molecule has 4 rings (SSSR count). The van der Waals surface area contributed by atoms with Gasteiger partial charge in [-0.3, -0.25) is 4.98 Å². The van der Waals surface area contributed by atoms with Crippen LogP contribution in [0.3, 0.4) is 0 Å². The number of ether oxygens (including phenoxy) is 1. The summed E-state index contributed by atoms with van der Waals surface area (Å²) in [5.41, 5.74) is 1.62. The molecule has 2 aromatic carbocycles. The van der Waals surface area contributed by atoms with Crippen LogP contribution in [0.25, 0.3) is 22.0 Å². The molecule has 3 aromatic rings. The number of hydrogen-bond acceptors (Lipinski definition) is 4. The molecule has 1 fully saturated rings. The lowest BCUT2D eigenvalue weighted by molar-refractivity contribution is 0.152. The zero-order chi connectivity index (χ0) is 21.1. The fourth-order valence-electron chi connectivity index (χ4n) is 3.97. The van der Waals surface area contributed by atoms with E-state index in [0.717, 1.165) is 48.0 Å². The summed E-state index contributed by atoms with van der Waals surface area (Å²) in [6.45, 7) is 6.37. The molecule has 156 valence electrons. The van der Waals surface area contributed by atoms with Gasteiger partial charge in [0.2, 0.25) is 0 Å². The maximum absolute atomic E-state index is 12.6. The number of benzene rings is 2. The Morgan fingerprint density at radius 2 is 1.77 bits per heavy atom. The molecule has 0 atom stereocenters. The number of piperidine rings is 1. The van der Waals surface area contributed by atoms with Gasteiger partial charge < -0.3 is 15.0 Å². The topological polar surface area (TPSA) is 54.5 Å². The third-order valence-electron chi connectivity index (χ3n) is 5.67. The van der Waals surface area contributed by atoms with Gasteiger partial charge >= 0.3 is 6.09 Å². The normalized spacial score (nSPS) is 15.5. The molecule has 1 aliphatic rings. The summed E-state index contributed by atoms with van der Waals surface area (Å²) in [5.74, 6) is 0.443. The van der Waals surface area contributed by atoms with Crippen molar-refractivity contribution in [1.29, 1.82) is 0 Å². The number of amides is 1. The van der Waals surface area contributed by atoms with E-state index < -0.39 is 6.09 Å². The van der Waals surface area contributed by atoms with Crippen molar-refractivity contribution in [1.82, 2.24) is 15.2 Å². The molecule has 30 heavy (non-hydrogen) atoms. The number of pyridine rings is 1. The molecule has 5 nitrogen and oxygen atoms in total. The minimum atomic E-state index is -0.435. The zero-order valence-electron chi connectivity index (χ0n) is 17.3. The Labute approximate surface area is 182 Å². The van der Waals surface area contributed by atoms with Crippen LogP contribution in [0.4, 0.5) is 4.79 Å². The van der Waals surface area contributed by atoms with Gasteiger partial charge in [-0.15, -0.1) is 0 Å². The van der Waals surface area contributed by atoms with Gasteiger partial charge in [-0.25, -0.2) is 4.79 Å². The number of nitrogens with one attached hydrogen (secondary N) is 1. The molecule has 1 aliphatic heterocycles. The minimum Gasteiger partial charge on any atom is -0.408 e. The van der Waals surface area contributed by atoms with Gasteiger partial charge in [-0.1, -0.05) is 54.1 Å². The molecule has 1 saturated heterocycles. The monoisotopic (exact) mass is 423 g/mol. The molecule has 2 heterocycles. The van der Waals surface area contributed by atoms with Gasteiger partial charge in [0, 0.05) is 46.5 Å². The van der Waals surface area contributed by atoms with Crippen LogP contribution in [0.2, 0.25) is 5.02 Å². The second kappa shape index (κ2) is 9.02. The maximum atomic E-state index is 12.6. The zero-order valence-corrected chi connectivity index (χ0v) is 18.0. The average Bonchev–Trinajstić information content (AvgIpc) is 2.75. The summed E-state index contributed by atoms with van der Waals surface area (Å²) in [5, 5.41) is 5.36. The van der Waals surface area contributed by atoms with E-state index in [4.69, 9.17) is 16.3 Å². The second-order valence-corrected chi connectivity index (χ2v) is 8.34. The molecule has 6 heteroatoms. The molecule has 0 bridgehead atoms. The van der Waals surface area contributed by atoms with E-state index in [1.54, 1.807) is 6.20 Å². The number of halogens is 1. The Balaban J connectivity index is 1.52. The van der Waals surface area contributed by atoms with E-state index in [1.807, 2.05) is 48.5 Å². The Morgan fingerprint density at radius 3 is 2.47 bits per heavy atom. The standard InChI is InChI=1S/C24H26ClN3O2/c1-16(2)28-13-11-17(12-14-28)27-24(29)30-22-15-26-23(19-8-4-3-7-18(19)22)20-9-5-6-10-21(20)25/h3-10,15-17H,11-14H2,1-2H3,(H,27,29). The van der Waals surface area contributed by atoms with Crippen LogP contribution in [-0.4, -0.2) is 41.2 Å². The molecule has 0 aliphatic carbocycles. The fourth-order valence-corrected chi connectivity index (χ4v) is 4.20. The van der Waals surface area contributed by atoms with Crippen LogP contribution in [0.1, 0.15) is 26.7 Å². The van der Waals surface area contributed by atoms with Gasteiger partial charge in [0.1, 0.15) is 0 Å². The number of rotatable bonds is 4. The van der Waals surface area contributed by atoms with E-state index in [0.29, 0.717) is 16.8 Å². The second-order valence-electron chi connectivity index (χ2n) is 7.93. The summed E-state index contributed by atoms with van der Waals surface area (Å²) >= 11 is 6.38. The fraction of sp³-hybridized carbons (Fsp3) is 0.333. The lowest BCUT2D eigenvalue weighted by atomic mass is 10.0. The van der Waals surface area contributed by atoms with Gasteiger partial charge in [0.15, 0.2) is 5.75 Å². The first-order valence-corrected chi connectivity index (χ1v) is 10.8. The summed E-state index contributed by atoms with van der Waals surface area (Å²) in [6, 6.07) is 16.0. The highest BCUT2D eigenvalue weighted by Crippen LogP contribution is 2.35. The number of likely N-dealkylation sites (tertiary alicyclic amines) is 1. The van der Waals surface area contributed by atoms with Crippen LogP contribution >= 0.6 is 11.6 Å². The van der Waals surface area contributed by atoms with Crippen molar-refractivity contribution >= 4 is 28.5 Å². The van der Waals surface area contributed by atoms with Crippen molar-refractivity contribution in [2.75, 3.05) is 13.1 Å². The molecule has 0 spiro atoms. The predicted molar refractivity (Wildman–Crippen MR) is 121 cm³/mol. The van der Waals surface area contributed by atoms with E-state index in [9.17, 15) is 4.79 Å². The molecule has 0 saturated carbocycles. The maximum Gasteiger partial charge on any atom is 0.412 e. The molecule has 1 aromatic heterocycles. The minimum absolute atomic E-state index is 0.133. The first-order chi connectivity index (χ1) is 14.5. The first kappa shape index (κ1) is 20.6. The van der Waals surface area contributed by atoms with E-state index >= 15 is 0 Å². The summed E-state index contributed by atoms with van der Waals surface area (Å²) in [6.07, 6.45) is 3.02. The Morgan fingerprint density at radius 1 is 1.10 bits per heavy atom. The van der Waals surface area contributed by atoms with Gasteiger partial charge in [0.05, 0.1) is 11.9 Å². The summed E-state index contributed by atoms with van der Waals surface area (Å²) < 4.78 is 5.67. The number of aromatic nitrogens is 1. The van der Waals surface area contributed by atoms with Gasteiger partial charge in [0.25, 0.3) is 0 Å².